The van der Waals surface area contributed by atoms with Crippen LogP contribution in [0, 0.1) is 12.8 Å². The third kappa shape index (κ3) is 10.7. The third-order valence-corrected chi connectivity index (χ3v) is 7.11. The lowest BCUT2D eigenvalue weighted by Gasteiger charge is -2.24. The molecule has 0 N–H and O–H groups in total. The molecular formula is C35H46F3N3O. The van der Waals surface area contributed by atoms with Crippen molar-refractivity contribution in [2.45, 2.75) is 67.0 Å². The molecule has 4 nitrogen and oxygen atoms in total. The van der Waals surface area contributed by atoms with Crippen LogP contribution in [0.15, 0.2) is 89.5 Å². The van der Waals surface area contributed by atoms with E-state index in [1.165, 1.54) is 16.0 Å². The Kier molecular flexibility index (Phi) is 13.8. The summed E-state index contributed by atoms with van der Waals surface area (Å²) in [6.45, 7) is 20.2. The number of nitrogens with zero attached hydrogens (tertiary/aromatic N) is 3. The zero-order chi connectivity index (χ0) is 31.3. The van der Waals surface area contributed by atoms with Gasteiger partial charge in [-0.3, -0.25) is 9.98 Å². The van der Waals surface area contributed by atoms with Crippen LogP contribution < -0.4 is 0 Å². The Labute approximate surface area is 250 Å². The second kappa shape index (κ2) is 16.7. The van der Waals surface area contributed by atoms with Gasteiger partial charge in [0, 0.05) is 48.4 Å². The summed E-state index contributed by atoms with van der Waals surface area (Å²) < 4.78 is 46.3. The van der Waals surface area contributed by atoms with E-state index < -0.39 is 12.7 Å². The first kappa shape index (κ1) is 34.6. The highest BCUT2D eigenvalue weighted by molar-refractivity contribution is 5.84. The number of rotatable bonds is 15. The molecule has 1 aromatic rings. The zero-order valence-corrected chi connectivity index (χ0v) is 26.0. The molecule has 0 amide bonds. The highest BCUT2D eigenvalue weighted by Crippen LogP contribution is 2.35. The maximum Gasteiger partial charge on any atom is 0.405 e. The predicted octanol–water partition coefficient (Wildman–Crippen LogP) is 9.44. The molecule has 1 unspecified atom stereocenters. The van der Waals surface area contributed by atoms with Crippen LogP contribution in [0.25, 0.3) is 11.1 Å². The largest absolute Gasteiger partial charge is 0.493 e. The Morgan fingerprint density at radius 3 is 2.55 bits per heavy atom. The number of hydrogen-bond acceptors (Lipinski definition) is 4. The number of alkyl halides is 3. The lowest BCUT2D eigenvalue weighted by Crippen LogP contribution is -2.31. The molecule has 2 rings (SSSR count). The van der Waals surface area contributed by atoms with Gasteiger partial charge in [0.1, 0.15) is 18.9 Å². The molecule has 0 fully saturated rings. The molecule has 0 bridgehead atoms. The molecular weight excluding hydrogens is 535 g/mol. The van der Waals surface area contributed by atoms with E-state index in [-0.39, 0.29) is 5.92 Å². The zero-order valence-electron chi connectivity index (χ0n) is 26.0. The van der Waals surface area contributed by atoms with Gasteiger partial charge in [-0.15, -0.1) is 0 Å². The van der Waals surface area contributed by atoms with Gasteiger partial charge in [-0.2, -0.15) is 13.2 Å². The number of halogens is 3. The Hall–Kier alpha value is -3.61. The van der Waals surface area contributed by atoms with E-state index in [2.05, 4.69) is 51.1 Å². The number of pyridine rings is 1. The van der Waals surface area contributed by atoms with Crippen LogP contribution in [0.1, 0.15) is 70.7 Å². The number of aryl methyl sites for hydroxylation is 1. The van der Waals surface area contributed by atoms with E-state index in [1.54, 1.807) is 24.6 Å². The number of hydrogen-bond donors (Lipinski definition) is 0. The summed E-state index contributed by atoms with van der Waals surface area (Å²) in [7, 11) is 0. The maximum absolute atomic E-state index is 13.5. The van der Waals surface area contributed by atoms with Gasteiger partial charge < -0.3 is 9.64 Å². The van der Waals surface area contributed by atoms with Crippen LogP contribution in [0.2, 0.25) is 0 Å². The summed E-state index contributed by atoms with van der Waals surface area (Å²) in [5, 5.41) is 0. The number of aliphatic imine (C=N–C) groups is 1. The third-order valence-electron chi connectivity index (χ3n) is 7.11. The Bertz CT molecular complexity index is 1280. The van der Waals surface area contributed by atoms with Crippen molar-refractivity contribution in [1.82, 2.24) is 9.88 Å². The minimum Gasteiger partial charge on any atom is -0.493 e. The predicted molar refractivity (Wildman–Crippen MR) is 171 cm³/mol. The van der Waals surface area contributed by atoms with Gasteiger partial charge in [0.15, 0.2) is 0 Å². The summed E-state index contributed by atoms with van der Waals surface area (Å²) in [4.78, 5) is 10.7. The summed E-state index contributed by atoms with van der Waals surface area (Å²) in [5.74, 6) is 1.05. The van der Waals surface area contributed by atoms with Crippen molar-refractivity contribution < 1.29 is 17.9 Å². The number of allylic oxidation sites excluding steroid dienone is 10. The number of aromatic nitrogens is 1. The molecule has 0 aromatic carbocycles. The topological polar surface area (TPSA) is 37.7 Å². The lowest BCUT2D eigenvalue weighted by atomic mass is 9.91. The standard InChI is InChI=1S/C35H46F3N3O/c1-9-12-14-17-39-20-25(4)15-16-32(30(11-3)22-41(18-13-10-2)24-35(36,37)38)34-26(5)19-31(21-40-34)33-28(7)27(6)23-42-29(33)8/h9,11-12,14,16-17,19,21-22,25H,1,3,10,13,15,18,20,23-24H2,2,4-8H3/b14-12-,30-22+,32-16-,39-17?. The second-order valence-electron chi connectivity index (χ2n) is 10.8. The quantitative estimate of drug-likeness (QED) is 0.153. The molecule has 1 atom stereocenters. The van der Waals surface area contributed by atoms with Gasteiger partial charge in [0.25, 0.3) is 0 Å². The molecule has 42 heavy (non-hydrogen) atoms. The van der Waals surface area contributed by atoms with Gasteiger partial charge in [0.05, 0.1) is 5.69 Å². The first-order valence-electron chi connectivity index (χ1n) is 14.5. The second-order valence-corrected chi connectivity index (χ2v) is 10.8. The maximum atomic E-state index is 13.5. The van der Waals surface area contributed by atoms with Crippen molar-refractivity contribution in [3.63, 3.8) is 0 Å². The van der Waals surface area contributed by atoms with Gasteiger partial charge >= 0.3 is 6.18 Å². The van der Waals surface area contributed by atoms with E-state index in [0.717, 1.165) is 34.5 Å². The molecule has 2 heterocycles. The molecule has 0 spiro atoms. The Morgan fingerprint density at radius 2 is 1.93 bits per heavy atom. The van der Waals surface area contributed by atoms with Gasteiger partial charge in [-0.05, 0) is 80.9 Å². The molecule has 0 saturated carbocycles. The summed E-state index contributed by atoms with van der Waals surface area (Å²) in [6.07, 6.45) is 11.9. The fourth-order valence-electron chi connectivity index (χ4n) is 4.67. The minimum absolute atomic E-state index is 0.202. The van der Waals surface area contributed by atoms with Crippen molar-refractivity contribution in [2.24, 2.45) is 10.9 Å². The van der Waals surface area contributed by atoms with E-state index in [1.807, 2.05) is 39.1 Å². The highest BCUT2D eigenvalue weighted by atomic mass is 19.4. The summed E-state index contributed by atoms with van der Waals surface area (Å²) >= 11 is 0. The van der Waals surface area contributed by atoms with E-state index in [4.69, 9.17) is 9.72 Å². The van der Waals surface area contributed by atoms with Crippen LogP contribution in [-0.4, -0.2) is 48.5 Å². The highest BCUT2D eigenvalue weighted by Gasteiger charge is 2.30. The fourth-order valence-corrected chi connectivity index (χ4v) is 4.67. The Balaban J connectivity index is 2.58. The molecule has 1 aliphatic heterocycles. The number of ether oxygens (including phenoxy) is 1. The first-order valence-corrected chi connectivity index (χ1v) is 14.5. The van der Waals surface area contributed by atoms with Crippen molar-refractivity contribution in [3.05, 3.63) is 101 Å². The van der Waals surface area contributed by atoms with Crippen molar-refractivity contribution in [2.75, 3.05) is 26.2 Å². The van der Waals surface area contributed by atoms with E-state index >= 15 is 0 Å². The smallest absolute Gasteiger partial charge is 0.405 e. The average molecular weight is 582 g/mol. The summed E-state index contributed by atoms with van der Waals surface area (Å²) in [5.41, 5.74) is 7.31. The van der Waals surface area contributed by atoms with E-state index in [9.17, 15) is 13.2 Å². The van der Waals surface area contributed by atoms with Gasteiger partial charge in [-0.25, -0.2) is 0 Å². The van der Waals surface area contributed by atoms with Crippen LogP contribution >= 0.6 is 0 Å². The van der Waals surface area contributed by atoms with Gasteiger partial charge in [-0.1, -0.05) is 57.7 Å². The lowest BCUT2D eigenvalue weighted by molar-refractivity contribution is -0.140. The van der Waals surface area contributed by atoms with Crippen molar-refractivity contribution in [3.8, 4) is 0 Å². The minimum atomic E-state index is -4.32. The molecule has 228 valence electrons. The molecule has 1 aromatic heterocycles. The number of unbranched alkanes of at least 4 members (excludes halogenated alkanes) is 1. The van der Waals surface area contributed by atoms with Crippen molar-refractivity contribution >= 4 is 17.4 Å². The SMILES string of the molecule is C=C/C=C\C=NCC(C)C/C=C(/C(C=C)=C/N(CCCC)CC(F)(F)F)c1ncc(C2=C(C)OCC(C)=C2C)cc1C. The van der Waals surface area contributed by atoms with E-state index in [0.29, 0.717) is 43.8 Å². The van der Waals surface area contributed by atoms with Crippen LogP contribution in [0.4, 0.5) is 13.2 Å². The van der Waals surface area contributed by atoms with Gasteiger partial charge in [0.2, 0.25) is 0 Å². The molecule has 1 aliphatic rings. The normalized spacial score (nSPS) is 15.9. The summed E-state index contributed by atoms with van der Waals surface area (Å²) in [6, 6.07) is 2.07. The molecule has 7 heteroatoms. The average Bonchev–Trinajstić information content (AvgIpc) is 2.93. The molecule has 0 aliphatic carbocycles. The van der Waals surface area contributed by atoms with Crippen molar-refractivity contribution in [1.29, 1.82) is 0 Å². The monoisotopic (exact) mass is 581 g/mol. The Morgan fingerprint density at radius 1 is 1.19 bits per heavy atom. The molecule has 0 radical (unpaired) electrons. The van der Waals surface area contributed by atoms with Crippen LogP contribution in [0.3, 0.4) is 0 Å². The van der Waals surface area contributed by atoms with Crippen LogP contribution in [-0.2, 0) is 4.74 Å². The first-order chi connectivity index (χ1) is 19.9. The fraction of sp³-hybridized carbons (Fsp3) is 0.429. The van der Waals surface area contributed by atoms with Crippen LogP contribution in [0.5, 0.6) is 0 Å². The molecule has 0 saturated heterocycles.